The van der Waals surface area contributed by atoms with Gasteiger partial charge in [-0.2, -0.15) is 0 Å². The molecule has 0 amide bonds. The van der Waals surface area contributed by atoms with E-state index >= 15 is 0 Å². The summed E-state index contributed by atoms with van der Waals surface area (Å²) in [4.78, 5) is 7.90. The Labute approximate surface area is 88.0 Å². The number of hydrogen-bond donors (Lipinski definition) is 1. The van der Waals surface area contributed by atoms with Gasteiger partial charge in [0.1, 0.15) is 0 Å². The number of H-pyrrole nitrogens is 1. The number of rotatable bonds is 0. The van der Waals surface area contributed by atoms with Crippen molar-refractivity contribution in [1.29, 1.82) is 0 Å². The Bertz CT molecular complexity index is 650. The van der Waals surface area contributed by atoms with Crippen molar-refractivity contribution in [1.82, 2.24) is 9.97 Å². The molecule has 1 N–H and O–H groups in total. The predicted octanol–water partition coefficient (Wildman–Crippen LogP) is 3.33. The van der Waals surface area contributed by atoms with Crippen LogP contribution in [0, 0.1) is 13.8 Å². The van der Waals surface area contributed by atoms with Gasteiger partial charge in [-0.05, 0) is 38.1 Å². The number of benzene rings is 1. The fourth-order valence-corrected chi connectivity index (χ4v) is 2.05. The molecule has 3 aromatic rings. The second-order valence-corrected chi connectivity index (χ2v) is 4.00. The Hall–Kier alpha value is -1.83. The molecule has 2 nitrogen and oxygen atoms in total. The van der Waals surface area contributed by atoms with Crippen molar-refractivity contribution in [3.8, 4) is 0 Å². The van der Waals surface area contributed by atoms with Crippen LogP contribution < -0.4 is 0 Å². The maximum absolute atomic E-state index is 4.52. The van der Waals surface area contributed by atoms with Crippen molar-refractivity contribution in [2.75, 3.05) is 0 Å². The molecule has 0 saturated heterocycles. The first-order chi connectivity index (χ1) is 7.24. The van der Waals surface area contributed by atoms with Crippen LogP contribution in [-0.4, -0.2) is 9.97 Å². The maximum Gasteiger partial charge on any atom is 0.0726 e. The van der Waals surface area contributed by atoms with Gasteiger partial charge in [-0.25, -0.2) is 0 Å². The quantitative estimate of drug-likeness (QED) is 0.587. The molecule has 0 saturated carbocycles. The van der Waals surface area contributed by atoms with E-state index in [4.69, 9.17) is 0 Å². The highest BCUT2D eigenvalue weighted by Gasteiger charge is 2.03. The highest BCUT2D eigenvalue weighted by Crippen LogP contribution is 2.24. The van der Waals surface area contributed by atoms with Gasteiger partial charge in [0.05, 0.1) is 11.0 Å². The number of aromatic amines is 1. The van der Waals surface area contributed by atoms with Crippen molar-refractivity contribution in [2.24, 2.45) is 0 Å². The maximum atomic E-state index is 4.52. The summed E-state index contributed by atoms with van der Waals surface area (Å²) in [6.07, 6.45) is 0. The fourth-order valence-electron chi connectivity index (χ4n) is 2.05. The molecule has 0 spiro atoms. The Morgan fingerprint density at radius 2 is 1.93 bits per heavy atom. The topological polar surface area (TPSA) is 28.7 Å². The lowest BCUT2D eigenvalue weighted by molar-refractivity contribution is 1.25. The first-order valence-corrected chi connectivity index (χ1v) is 5.10. The molecule has 1 aromatic carbocycles. The van der Waals surface area contributed by atoms with Gasteiger partial charge in [0.2, 0.25) is 0 Å². The van der Waals surface area contributed by atoms with Gasteiger partial charge >= 0.3 is 0 Å². The third-order valence-electron chi connectivity index (χ3n) is 2.74. The zero-order valence-corrected chi connectivity index (χ0v) is 8.83. The number of aromatic nitrogens is 2. The molecule has 0 bridgehead atoms. The summed E-state index contributed by atoms with van der Waals surface area (Å²) in [6.45, 7) is 4.09. The van der Waals surface area contributed by atoms with Crippen LogP contribution in [-0.2, 0) is 0 Å². The van der Waals surface area contributed by atoms with Crippen LogP contribution in [0.5, 0.6) is 0 Å². The monoisotopic (exact) mass is 196 g/mol. The van der Waals surface area contributed by atoms with Crippen molar-refractivity contribution < 1.29 is 0 Å². The van der Waals surface area contributed by atoms with Gasteiger partial charge in [-0.1, -0.05) is 6.07 Å². The largest absolute Gasteiger partial charge is 0.358 e. The van der Waals surface area contributed by atoms with Gasteiger partial charge < -0.3 is 4.98 Å². The van der Waals surface area contributed by atoms with Crippen LogP contribution in [0.2, 0.25) is 0 Å². The third kappa shape index (κ3) is 1.22. The number of aryl methyl sites for hydroxylation is 2. The van der Waals surface area contributed by atoms with Crippen molar-refractivity contribution in [2.45, 2.75) is 13.8 Å². The van der Waals surface area contributed by atoms with Crippen molar-refractivity contribution in [3.05, 3.63) is 41.7 Å². The first-order valence-electron chi connectivity index (χ1n) is 5.10. The van der Waals surface area contributed by atoms with E-state index in [0.29, 0.717) is 0 Å². The molecule has 0 unspecified atom stereocenters. The van der Waals surface area contributed by atoms with E-state index in [1.807, 2.05) is 6.92 Å². The van der Waals surface area contributed by atoms with Crippen LogP contribution in [0.25, 0.3) is 21.8 Å². The summed E-state index contributed by atoms with van der Waals surface area (Å²) in [7, 11) is 0. The smallest absolute Gasteiger partial charge is 0.0726 e. The zero-order chi connectivity index (χ0) is 10.4. The Morgan fingerprint density at radius 3 is 2.80 bits per heavy atom. The summed E-state index contributed by atoms with van der Waals surface area (Å²) in [5.41, 5.74) is 4.50. The van der Waals surface area contributed by atoms with Gasteiger partial charge in [-0.15, -0.1) is 0 Å². The molecular weight excluding hydrogens is 184 g/mol. The standard InChI is InChI=1S/C13H12N2/c1-8-3-5-11-12(14-8)6-4-10-7-9(2)15-13(10)11/h3-7,15H,1-2H3. The van der Waals surface area contributed by atoms with Crippen LogP contribution in [0.1, 0.15) is 11.4 Å². The first kappa shape index (κ1) is 8.48. The highest BCUT2D eigenvalue weighted by molar-refractivity contribution is 6.04. The SMILES string of the molecule is Cc1ccc2c(ccc3cc(C)[nH]c32)n1. The average molecular weight is 196 g/mol. The van der Waals surface area contributed by atoms with Crippen LogP contribution >= 0.6 is 0 Å². The second kappa shape index (κ2) is 2.83. The molecule has 0 radical (unpaired) electrons. The molecule has 3 rings (SSSR count). The minimum Gasteiger partial charge on any atom is -0.358 e. The molecule has 0 aliphatic rings. The number of fused-ring (bicyclic) bond motifs is 3. The van der Waals surface area contributed by atoms with Crippen molar-refractivity contribution >= 4 is 21.8 Å². The van der Waals surface area contributed by atoms with Crippen LogP contribution in [0.4, 0.5) is 0 Å². The Morgan fingerprint density at radius 1 is 1.07 bits per heavy atom. The van der Waals surface area contributed by atoms with E-state index in [2.05, 4.69) is 47.2 Å². The summed E-state index contributed by atoms with van der Waals surface area (Å²) in [5.74, 6) is 0. The second-order valence-electron chi connectivity index (χ2n) is 4.00. The lowest BCUT2D eigenvalue weighted by Crippen LogP contribution is -1.83. The third-order valence-corrected chi connectivity index (χ3v) is 2.74. The molecular formula is C13H12N2. The summed E-state index contributed by atoms with van der Waals surface area (Å²) >= 11 is 0. The molecule has 0 aliphatic carbocycles. The van der Waals surface area contributed by atoms with Gasteiger partial charge in [0.15, 0.2) is 0 Å². The summed E-state index contributed by atoms with van der Waals surface area (Å²) in [6, 6.07) is 10.5. The Kier molecular flexibility index (Phi) is 1.60. The predicted molar refractivity (Wildman–Crippen MR) is 63.1 cm³/mol. The average Bonchev–Trinajstić information content (AvgIpc) is 2.58. The zero-order valence-electron chi connectivity index (χ0n) is 8.83. The number of nitrogens with one attached hydrogen (secondary N) is 1. The molecule has 0 atom stereocenters. The van der Waals surface area contributed by atoms with Gasteiger partial charge in [0, 0.05) is 22.2 Å². The number of hydrogen-bond acceptors (Lipinski definition) is 1. The normalized spacial score (nSPS) is 11.3. The molecule has 2 aromatic heterocycles. The van der Waals surface area contributed by atoms with Gasteiger partial charge in [-0.3, -0.25) is 4.98 Å². The van der Waals surface area contributed by atoms with Crippen molar-refractivity contribution in [3.63, 3.8) is 0 Å². The lowest BCUT2D eigenvalue weighted by Gasteiger charge is -1.99. The minimum atomic E-state index is 1.06. The number of nitrogens with zero attached hydrogens (tertiary/aromatic N) is 1. The van der Waals surface area contributed by atoms with E-state index in [1.165, 1.54) is 22.0 Å². The number of pyridine rings is 1. The van der Waals surface area contributed by atoms with E-state index < -0.39 is 0 Å². The van der Waals surface area contributed by atoms with Gasteiger partial charge in [0.25, 0.3) is 0 Å². The van der Waals surface area contributed by atoms with E-state index in [9.17, 15) is 0 Å². The fraction of sp³-hybridized carbons (Fsp3) is 0.154. The van der Waals surface area contributed by atoms with Crippen LogP contribution in [0.15, 0.2) is 30.3 Å². The molecule has 0 aliphatic heterocycles. The minimum absolute atomic E-state index is 1.06. The molecule has 15 heavy (non-hydrogen) atoms. The molecule has 74 valence electrons. The lowest BCUT2D eigenvalue weighted by atomic mass is 10.1. The summed E-state index contributed by atoms with van der Waals surface area (Å²) in [5, 5.41) is 2.46. The van der Waals surface area contributed by atoms with E-state index in [-0.39, 0.29) is 0 Å². The van der Waals surface area contributed by atoms with E-state index in [1.54, 1.807) is 0 Å². The Balaban J connectivity index is 2.53. The molecule has 2 heteroatoms. The van der Waals surface area contributed by atoms with Crippen LogP contribution in [0.3, 0.4) is 0 Å². The summed E-state index contributed by atoms with van der Waals surface area (Å²) < 4.78 is 0. The molecule has 0 fully saturated rings. The highest BCUT2D eigenvalue weighted by atomic mass is 14.7. The van der Waals surface area contributed by atoms with E-state index in [0.717, 1.165) is 11.2 Å². The molecule has 2 heterocycles.